The third-order valence-electron chi connectivity index (χ3n) is 3.81. The van der Waals surface area contributed by atoms with Gasteiger partial charge in [0.05, 0.1) is 0 Å². The highest BCUT2D eigenvalue weighted by atomic mass is 35.5. The van der Waals surface area contributed by atoms with Crippen LogP contribution in [-0.2, 0) is 16.8 Å². The molecular formula is C14H22ClN3O2S. The van der Waals surface area contributed by atoms with E-state index in [1.54, 1.807) is 6.07 Å². The van der Waals surface area contributed by atoms with E-state index < -0.39 is 10.2 Å². The lowest BCUT2D eigenvalue weighted by Gasteiger charge is -2.31. The summed E-state index contributed by atoms with van der Waals surface area (Å²) >= 11 is 6.04. The normalized spacial score (nSPS) is 18.0. The lowest BCUT2D eigenvalue weighted by atomic mass is 9.98. The highest BCUT2D eigenvalue weighted by Gasteiger charge is 2.27. The van der Waals surface area contributed by atoms with Crippen molar-refractivity contribution in [3.8, 4) is 0 Å². The fourth-order valence-corrected chi connectivity index (χ4v) is 3.96. The van der Waals surface area contributed by atoms with Crippen molar-refractivity contribution < 1.29 is 8.42 Å². The van der Waals surface area contributed by atoms with Crippen LogP contribution >= 0.6 is 11.6 Å². The number of hydrogen-bond donors (Lipinski definition) is 2. The predicted molar refractivity (Wildman–Crippen MR) is 85.4 cm³/mol. The number of nitrogens with zero attached hydrogens (tertiary/aromatic N) is 1. The van der Waals surface area contributed by atoms with Crippen molar-refractivity contribution in [2.24, 2.45) is 5.92 Å². The first kappa shape index (κ1) is 16.7. The molecule has 0 bridgehead atoms. The van der Waals surface area contributed by atoms with Gasteiger partial charge in [0.2, 0.25) is 0 Å². The van der Waals surface area contributed by atoms with Gasteiger partial charge in [-0.05, 0) is 44.0 Å². The van der Waals surface area contributed by atoms with Crippen LogP contribution in [0.25, 0.3) is 0 Å². The van der Waals surface area contributed by atoms with E-state index in [1.165, 1.54) is 4.31 Å². The van der Waals surface area contributed by atoms with Gasteiger partial charge in [-0.25, -0.2) is 0 Å². The minimum absolute atomic E-state index is 0.221. The van der Waals surface area contributed by atoms with Gasteiger partial charge in [-0.15, -0.1) is 0 Å². The van der Waals surface area contributed by atoms with Crippen molar-refractivity contribution in [1.29, 1.82) is 0 Å². The van der Waals surface area contributed by atoms with Crippen molar-refractivity contribution in [2.45, 2.75) is 19.4 Å². The van der Waals surface area contributed by atoms with Gasteiger partial charge in [0.15, 0.2) is 0 Å². The van der Waals surface area contributed by atoms with Gasteiger partial charge >= 0.3 is 0 Å². The van der Waals surface area contributed by atoms with Crippen LogP contribution in [0.15, 0.2) is 24.3 Å². The molecule has 0 radical (unpaired) electrons. The monoisotopic (exact) mass is 331 g/mol. The average Bonchev–Trinajstić information content (AvgIpc) is 2.47. The molecule has 5 nitrogen and oxygen atoms in total. The van der Waals surface area contributed by atoms with E-state index in [1.807, 2.05) is 25.2 Å². The van der Waals surface area contributed by atoms with Crippen LogP contribution in [0.2, 0.25) is 5.02 Å². The maximum Gasteiger partial charge on any atom is 0.279 e. The van der Waals surface area contributed by atoms with Crippen molar-refractivity contribution in [2.75, 3.05) is 26.7 Å². The Kier molecular flexibility index (Phi) is 6.01. The van der Waals surface area contributed by atoms with Crippen LogP contribution in [0.4, 0.5) is 0 Å². The van der Waals surface area contributed by atoms with Gasteiger partial charge in [0.25, 0.3) is 10.2 Å². The Labute approximate surface area is 131 Å². The molecule has 0 unspecified atom stereocenters. The maximum atomic E-state index is 12.3. The second kappa shape index (κ2) is 7.56. The summed E-state index contributed by atoms with van der Waals surface area (Å²) in [6, 6.07) is 7.25. The molecule has 1 heterocycles. The summed E-state index contributed by atoms with van der Waals surface area (Å²) in [6.07, 6.45) is 1.79. The van der Waals surface area contributed by atoms with Gasteiger partial charge in [-0.3, -0.25) is 0 Å². The van der Waals surface area contributed by atoms with Gasteiger partial charge < -0.3 is 5.32 Å². The SMILES string of the molecule is CNCC1CCN(S(=O)(=O)NCc2ccccc2Cl)CC1. The summed E-state index contributed by atoms with van der Waals surface area (Å²) < 4.78 is 28.7. The molecule has 1 aliphatic rings. The van der Waals surface area contributed by atoms with Gasteiger partial charge in [-0.1, -0.05) is 29.8 Å². The van der Waals surface area contributed by atoms with E-state index in [2.05, 4.69) is 10.0 Å². The molecule has 118 valence electrons. The molecule has 0 aromatic heterocycles. The molecular weight excluding hydrogens is 310 g/mol. The Morgan fingerprint density at radius 1 is 1.29 bits per heavy atom. The Hall–Kier alpha value is -0.660. The summed E-state index contributed by atoms with van der Waals surface area (Å²) in [7, 11) is -1.51. The highest BCUT2D eigenvalue weighted by molar-refractivity contribution is 7.87. The van der Waals surface area contributed by atoms with Gasteiger partial charge in [0, 0.05) is 24.7 Å². The second-order valence-corrected chi connectivity index (χ2v) is 7.48. The fourth-order valence-electron chi connectivity index (χ4n) is 2.54. The summed E-state index contributed by atoms with van der Waals surface area (Å²) in [4.78, 5) is 0. The molecule has 2 rings (SSSR count). The molecule has 0 spiro atoms. The molecule has 0 atom stereocenters. The summed E-state index contributed by atoms with van der Waals surface area (Å²) in [5.74, 6) is 0.560. The van der Waals surface area contributed by atoms with Crippen LogP contribution in [0.1, 0.15) is 18.4 Å². The Morgan fingerprint density at radius 3 is 2.57 bits per heavy atom. The molecule has 1 aromatic carbocycles. The van der Waals surface area contributed by atoms with Crippen molar-refractivity contribution >= 4 is 21.8 Å². The van der Waals surface area contributed by atoms with Crippen molar-refractivity contribution in [3.05, 3.63) is 34.9 Å². The zero-order valence-electron chi connectivity index (χ0n) is 12.2. The number of piperidine rings is 1. The van der Waals surface area contributed by atoms with Crippen molar-refractivity contribution in [1.82, 2.24) is 14.3 Å². The standard InChI is InChI=1S/C14H22ClN3O2S/c1-16-10-12-6-8-18(9-7-12)21(19,20)17-11-13-4-2-3-5-14(13)15/h2-5,12,16-17H,6-11H2,1H3. The van der Waals surface area contributed by atoms with Gasteiger partial charge in [-0.2, -0.15) is 17.4 Å². The van der Waals surface area contributed by atoms with E-state index in [9.17, 15) is 8.42 Å². The van der Waals surface area contributed by atoms with E-state index in [-0.39, 0.29) is 6.54 Å². The minimum atomic E-state index is -3.43. The molecule has 1 aromatic rings. The molecule has 0 amide bonds. The zero-order chi connectivity index (χ0) is 15.3. The number of halogens is 1. The Bertz CT molecular complexity index is 557. The van der Waals surface area contributed by atoms with E-state index in [0.717, 1.165) is 24.9 Å². The van der Waals surface area contributed by atoms with E-state index in [4.69, 9.17) is 11.6 Å². The largest absolute Gasteiger partial charge is 0.319 e. The lowest BCUT2D eigenvalue weighted by Crippen LogP contribution is -2.45. The van der Waals surface area contributed by atoms with Crippen LogP contribution in [0, 0.1) is 5.92 Å². The summed E-state index contributed by atoms with van der Waals surface area (Å²) in [5, 5.41) is 3.72. The number of rotatable bonds is 6. The number of nitrogens with one attached hydrogen (secondary N) is 2. The lowest BCUT2D eigenvalue weighted by molar-refractivity contribution is 0.268. The van der Waals surface area contributed by atoms with Crippen LogP contribution in [0.5, 0.6) is 0 Å². The van der Waals surface area contributed by atoms with E-state index >= 15 is 0 Å². The first-order chi connectivity index (χ1) is 10.0. The molecule has 21 heavy (non-hydrogen) atoms. The van der Waals surface area contributed by atoms with Crippen LogP contribution in [-0.4, -0.2) is 39.4 Å². The first-order valence-corrected chi connectivity index (χ1v) is 8.97. The number of benzene rings is 1. The minimum Gasteiger partial charge on any atom is -0.319 e. The predicted octanol–water partition coefficient (Wildman–Crippen LogP) is 1.61. The summed E-state index contributed by atoms with van der Waals surface area (Å²) in [6.45, 7) is 2.31. The fraction of sp³-hybridized carbons (Fsp3) is 0.571. The number of hydrogen-bond acceptors (Lipinski definition) is 3. The van der Waals surface area contributed by atoms with E-state index in [0.29, 0.717) is 24.0 Å². The molecule has 7 heteroatoms. The Morgan fingerprint density at radius 2 is 1.95 bits per heavy atom. The molecule has 0 saturated carbocycles. The molecule has 1 fully saturated rings. The second-order valence-electron chi connectivity index (χ2n) is 5.32. The quantitative estimate of drug-likeness (QED) is 0.832. The average molecular weight is 332 g/mol. The topological polar surface area (TPSA) is 61.4 Å². The zero-order valence-corrected chi connectivity index (χ0v) is 13.8. The third kappa shape index (κ3) is 4.66. The van der Waals surface area contributed by atoms with Crippen LogP contribution in [0.3, 0.4) is 0 Å². The molecule has 2 N–H and O–H groups in total. The first-order valence-electron chi connectivity index (χ1n) is 7.15. The van der Waals surface area contributed by atoms with Crippen molar-refractivity contribution in [3.63, 3.8) is 0 Å². The van der Waals surface area contributed by atoms with Crippen LogP contribution < -0.4 is 10.0 Å². The molecule has 0 aliphatic carbocycles. The smallest absolute Gasteiger partial charge is 0.279 e. The molecule has 1 saturated heterocycles. The van der Waals surface area contributed by atoms with Gasteiger partial charge in [0.1, 0.15) is 0 Å². The highest BCUT2D eigenvalue weighted by Crippen LogP contribution is 2.19. The maximum absolute atomic E-state index is 12.3. The third-order valence-corrected chi connectivity index (χ3v) is 5.73. The molecule has 1 aliphatic heterocycles. The summed E-state index contributed by atoms with van der Waals surface area (Å²) in [5.41, 5.74) is 0.785. The Balaban J connectivity index is 1.89.